The number of carbonyl (C=O) groups is 1. The number of hydrogen-bond donors (Lipinski definition) is 1. The molecule has 0 spiro atoms. The SMILES string of the molecule is O=C(CCSc1ccc(Cl)cc1)N/N=C/c1ccccc1C(F)(F)F. The number of nitrogens with zero attached hydrogens (tertiary/aromatic N) is 1. The van der Waals surface area contributed by atoms with Crippen LogP contribution in [0.15, 0.2) is 58.5 Å². The van der Waals surface area contributed by atoms with Gasteiger partial charge < -0.3 is 0 Å². The van der Waals surface area contributed by atoms with Crippen LogP contribution >= 0.6 is 23.4 Å². The van der Waals surface area contributed by atoms with Crippen molar-refractivity contribution < 1.29 is 18.0 Å². The molecule has 0 fully saturated rings. The van der Waals surface area contributed by atoms with Crippen LogP contribution in [0.3, 0.4) is 0 Å². The van der Waals surface area contributed by atoms with Gasteiger partial charge in [-0.3, -0.25) is 4.79 Å². The molecule has 132 valence electrons. The minimum absolute atomic E-state index is 0.106. The Hall–Kier alpha value is -1.99. The fourth-order valence-electron chi connectivity index (χ4n) is 1.89. The summed E-state index contributed by atoms with van der Waals surface area (Å²) in [6.45, 7) is 0. The molecule has 8 heteroatoms. The second-order valence-corrected chi connectivity index (χ2v) is 6.54. The predicted octanol–water partition coefficient (Wildman–Crippen LogP) is 4.99. The zero-order valence-electron chi connectivity index (χ0n) is 12.9. The van der Waals surface area contributed by atoms with Gasteiger partial charge in [0.25, 0.3) is 0 Å². The van der Waals surface area contributed by atoms with E-state index in [0.717, 1.165) is 17.2 Å². The Labute approximate surface area is 152 Å². The Bertz CT molecular complexity index is 748. The molecule has 1 N–H and O–H groups in total. The number of amides is 1. The number of halogens is 4. The number of hydrazone groups is 1. The second-order valence-electron chi connectivity index (χ2n) is 4.93. The van der Waals surface area contributed by atoms with Crippen LogP contribution in [-0.4, -0.2) is 17.9 Å². The van der Waals surface area contributed by atoms with Gasteiger partial charge in [0.2, 0.25) is 5.91 Å². The maximum Gasteiger partial charge on any atom is 0.417 e. The maximum atomic E-state index is 12.8. The first-order valence-electron chi connectivity index (χ1n) is 7.23. The average molecular weight is 387 g/mol. The predicted molar refractivity (Wildman–Crippen MR) is 94.0 cm³/mol. The van der Waals surface area contributed by atoms with Gasteiger partial charge in [0.15, 0.2) is 0 Å². The highest BCUT2D eigenvalue weighted by atomic mass is 35.5. The number of rotatable bonds is 6. The van der Waals surface area contributed by atoms with E-state index in [9.17, 15) is 18.0 Å². The van der Waals surface area contributed by atoms with Crippen molar-refractivity contribution in [3.05, 3.63) is 64.7 Å². The highest BCUT2D eigenvalue weighted by Gasteiger charge is 2.32. The quantitative estimate of drug-likeness (QED) is 0.431. The molecule has 2 rings (SSSR count). The van der Waals surface area contributed by atoms with Gasteiger partial charge in [0.1, 0.15) is 0 Å². The highest BCUT2D eigenvalue weighted by molar-refractivity contribution is 7.99. The van der Waals surface area contributed by atoms with Gasteiger partial charge in [0.05, 0.1) is 11.8 Å². The summed E-state index contributed by atoms with van der Waals surface area (Å²) in [5.74, 6) is 0.143. The molecule has 0 heterocycles. The van der Waals surface area contributed by atoms with Crippen molar-refractivity contribution in [3.8, 4) is 0 Å². The standard InChI is InChI=1S/C17H14ClF3N2OS/c18-13-5-7-14(8-6-13)25-10-9-16(24)23-22-11-12-3-1-2-4-15(12)17(19,20)21/h1-8,11H,9-10H2,(H,23,24)/b22-11+. The number of carbonyl (C=O) groups excluding carboxylic acids is 1. The van der Waals surface area contributed by atoms with E-state index in [1.165, 1.54) is 30.0 Å². The van der Waals surface area contributed by atoms with Crippen LogP contribution in [0.4, 0.5) is 13.2 Å². The number of benzene rings is 2. The van der Waals surface area contributed by atoms with Crippen LogP contribution in [0.25, 0.3) is 0 Å². The van der Waals surface area contributed by atoms with Crippen molar-refractivity contribution in [3.63, 3.8) is 0 Å². The zero-order chi connectivity index (χ0) is 18.3. The molecule has 0 radical (unpaired) electrons. The van der Waals surface area contributed by atoms with Gasteiger partial charge in [-0.25, -0.2) is 5.43 Å². The topological polar surface area (TPSA) is 41.5 Å². The molecule has 2 aromatic rings. The first-order valence-corrected chi connectivity index (χ1v) is 8.59. The summed E-state index contributed by atoms with van der Waals surface area (Å²) in [5, 5.41) is 4.24. The summed E-state index contributed by atoms with van der Waals surface area (Å²) in [5.41, 5.74) is 1.33. The largest absolute Gasteiger partial charge is 0.417 e. The second kappa shape index (κ2) is 8.92. The molecule has 0 atom stereocenters. The highest BCUT2D eigenvalue weighted by Crippen LogP contribution is 2.31. The third-order valence-electron chi connectivity index (χ3n) is 3.07. The Morgan fingerprint density at radius 3 is 2.52 bits per heavy atom. The van der Waals surface area contributed by atoms with Crippen molar-refractivity contribution in [2.75, 3.05) is 5.75 Å². The number of hydrogen-bond acceptors (Lipinski definition) is 3. The lowest BCUT2D eigenvalue weighted by molar-refractivity contribution is -0.137. The molecule has 0 saturated heterocycles. The Morgan fingerprint density at radius 2 is 1.84 bits per heavy atom. The van der Waals surface area contributed by atoms with Crippen molar-refractivity contribution in [2.24, 2.45) is 5.10 Å². The van der Waals surface area contributed by atoms with Gasteiger partial charge in [-0.05, 0) is 30.3 Å². The van der Waals surface area contributed by atoms with E-state index in [0.29, 0.717) is 10.8 Å². The molecule has 0 aliphatic rings. The molecular weight excluding hydrogens is 373 g/mol. The normalized spacial score (nSPS) is 11.7. The molecule has 0 unspecified atom stereocenters. The molecule has 0 saturated carbocycles. The van der Waals surface area contributed by atoms with Crippen molar-refractivity contribution >= 4 is 35.5 Å². The van der Waals surface area contributed by atoms with Gasteiger partial charge in [-0.1, -0.05) is 29.8 Å². The van der Waals surface area contributed by atoms with E-state index in [2.05, 4.69) is 10.5 Å². The molecule has 0 aliphatic heterocycles. The molecule has 1 amide bonds. The lowest BCUT2D eigenvalue weighted by Gasteiger charge is -2.09. The molecule has 0 aliphatic carbocycles. The Balaban J connectivity index is 1.82. The Morgan fingerprint density at radius 1 is 1.16 bits per heavy atom. The minimum atomic E-state index is -4.47. The fraction of sp³-hybridized carbons (Fsp3) is 0.176. The molecule has 2 aromatic carbocycles. The summed E-state index contributed by atoms with van der Waals surface area (Å²) >= 11 is 7.26. The van der Waals surface area contributed by atoms with E-state index in [1.54, 1.807) is 12.1 Å². The monoisotopic (exact) mass is 386 g/mol. The first-order chi connectivity index (χ1) is 11.9. The van der Waals surface area contributed by atoms with Crippen LogP contribution in [0, 0.1) is 0 Å². The summed E-state index contributed by atoms with van der Waals surface area (Å²) in [7, 11) is 0. The van der Waals surface area contributed by atoms with Crippen LogP contribution in [0.5, 0.6) is 0 Å². The molecule has 0 aromatic heterocycles. The molecule has 25 heavy (non-hydrogen) atoms. The lowest BCUT2D eigenvalue weighted by atomic mass is 10.1. The molecule has 0 bridgehead atoms. The third kappa shape index (κ3) is 6.43. The summed E-state index contributed by atoms with van der Waals surface area (Å²) in [6.07, 6.45) is -3.29. The van der Waals surface area contributed by atoms with Crippen LogP contribution in [-0.2, 0) is 11.0 Å². The summed E-state index contributed by atoms with van der Waals surface area (Å²) < 4.78 is 38.5. The van der Waals surface area contributed by atoms with Crippen LogP contribution in [0.2, 0.25) is 5.02 Å². The number of alkyl halides is 3. The average Bonchev–Trinajstić information content (AvgIpc) is 2.56. The van der Waals surface area contributed by atoms with Crippen LogP contribution < -0.4 is 5.43 Å². The Kier molecular flexibility index (Phi) is 6.90. The van der Waals surface area contributed by atoms with Crippen molar-refractivity contribution in [1.82, 2.24) is 5.43 Å². The number of thioether (sulfide) groups is 1. The van der Waals surface area contributed by atoms with E-state index in [4.69, 9.17) is 11.6 Å². The summed E-state index contributed by atoms with van der Waals surface area (Å²) in [4.78, 5) is 12.6. The van der Waals surface area contributed by atoms with Crippen LogP contribution in [0.1, 0.15) is 17.5 Å². The first kappa shape index (κ1) is 19.3. The van der Waals surface area contributed by atoms with Crippen molar-refractivity contribution in [1.29, 1.82) is 0 Å². The minimum Gasteiger partial charge on any atom is -0.273 e. The van der Waals surface area contributed by atoms with Gasteiger partial charge in [0, 0.05) is 27.7 Å². The van der Waals surface area contributed by atoms with Gasteiger partial charge in [-0.15, -0.1) is 11.8 Å². The number of nitrogens with one attached hydrogen (secondary N) is 1. The molecular formula is C17H14ClF3N2OS. The van der Waals surface area contributed by atoms with E-state index >= 15 is 0 Å². The molecule has 3 nitrogen and oxygen atoms in total. The van der Waals surface area contributed by atoms with E-state index < -0.39 is 11.7 Å². The third-order valence-corrected chi connectivity index (χ3v) is 4.34. The van der Waals surface area contributed by atoms with Gasteiger partial charge in [-0.2, -0.15) is 18.3 Å². The van der Waals surface area contributed by atoms with Gasteiger partial charge >= 0.3 is 6.18 Å². The van der Waals surface area contributed by atoms with E-state index in [-0.39, 0.29) is 17.9 Å². The van der Waals surface area contributed by atoms with E-state index in [1.807, 2.05) is 12.1 Å². The smallest absolute Gasteiger partial charge is 0.273 e. The maximum absolute atomic E-state index is 12.8. The fourth-order valence-corrected chi connectivity index (χ4v) is 2.87. The lowest BCUT2D eigenvalue weighted by Crippen LogP contribution is -2.18. The summed E-state index contributed by atoms with van der Waals surface area (Å²) in [6, 6.07) is 12.2. The zero-order valence-corrected chi connectivity index (χ0v) is 14.5. The van der Waals surface area contributed by atoms with Crippen molar-refractivity contribution in [2.45, 2.75) is 17.5 Å².